The highest BCUT2D eigenvalue weighted by atomic mass is 15.3. The van der Waals surface area contributed by atoms with Crippen LogP contribution >= 0.6 is 0 Å². The lowest BCUT2D eigenvalue weighted by Gasteiger charge is -2.56. The standard InChI is InChI=1S/C62H56N2/c1-43-39-45(47-31-33-56-54(41-47)58(2)35-37-60(58,4)63(56)51-25-14-8-15-26-51)20-18-19-44-29-30-46(40-53(44)62(43,49-21-10-6-11-22-49)50-23-12-7-13-24-50)48-32-34-57-55(42-48)59(3)36-38-61(59,5)64(57)52-27-16-9-17-28-52/h6-18,20-34,39-42H,1,19,35-38H2,2-5H3/b20-18-,45-39+. The number of benzene rings is 7. The van der Waals surface area contributed by atoms with E-state index in [4.69, 9.17) is 6.58 Å². The van der Waals surface area contributed by atoms with Gasteiger partial charge in [-0.15, -0.1) is 0 Å². The van der Waals surface area contributed by atoms with Crippen LogP contribution in [0.5, 0.6) is 0 Å². The van der Waals surface area contributed by atoms with E-state index in [1.54, 1.807) is 0 Å². The Kier molecular flexibility index (Phi) is 8.49. The molecule has 7 aromatic carbocycles. The maximum atomic E-state index is 5.13. The summed E-state index contributed by atoms with van der Waals surface area (Å²) in [5, 5.41) is 0. The molecule has 4 atom stereocenters. The number of anilines is 4. The monoisotopic (exact) mass is 828 g/mol. The fourth-order valence-electron chi connectivity index (χ4n) is 13.0. The topological polar surface area (TPSA) is 6.48 Å². The molecule has 2 aliphatic heterocycles. The van der Waals surface area contributed by atoms with Crippen LogP contribution in [0.1, 0.15) is 92.3 Å². The van der Waals surface area contributed by atoms with Crippen molar-refractivity contribution in [2.45, 2.75) is 87.1 Å². The Labute approximate surface area is 379 Å². The fourth-order valence-corrected chi connectivity index (χ4v) is 13.0. The lowest BCUT2D eigenvalue weighted by atomic mass is 9.55. The van der Waals surface area contributed by atoms with Crippen molar-refractivity contribution in [2.24, 2.45) is 0 Å². The lowest BCUT2D eigenvalue weighted by molar-refractivity contribution is 0.133. The predicted molar refractivity (Wildman–Crippen MR) is 268 cm³/mol. The average molecular weight is 829 g/mol. The van der Waals surface area contributed by atoms with Gasteiger partial charge in [-0.3, -0.25) is 0 Å². The second-order valence-electron chi connectivity index (χ2n) is 20.1. The minimum absolute atomic E-state index is 0.0338. The molecule has 2 fully saturated rings. The second-order valence-corrected chi connectivity index (χ2v) is 20.1. The average Bonchev–Trinajstić information content (AvgIpc) is 3.58. The number of fused-ring (bicyclic) bond motifs is 7. The zero-order valence-electron chi connectivity index (χ0n) is 37.6. The number of rotatable bonds is 6. The summed E-state index contributed by atoms with van der Waals surface area (Å²) < 4.78 is 0. The molecule has 12 rings (SSSR count). The first-order chi connectivity index (χ1) is 31.1. The van der Waals surface area contributed by atoms with Gasteiger partial charge in [-0.25, -0.2) is 0 Å². The van der Waals surface area contributed by atoms with E-state index in [0.29, 0.717) is 0 Å². The van der Waals surface area contributed by atoms with Crippen LogP contribution in [0, 0.1) is 0 Å². The molecule has 5 aliphatic rings. The first-order valence-corrected chi connectivity index (χ1v) is 23.4. The number of hydrogen-bond donors (Lipinski definition) is 0. The molecular formula is C62H56N2. The molecule has 64 heavy (non-hydrogen) atoms. The summed E-state index contributed by atoms with van der Waals surface area (Å²) in [6.45, 7) is 15.1. The van der Waals surface area contributed by atoms with Gasteiger partial charge < -0.3 is 9.80 Å². The largest absolute Gasteiger partial charge is 0.334 e. The molecule has 3 aliphatic carbocycles. The molecule has 0 radical (unpaired) electrons. The van der Waals surface area contributed by atoms with Crippen LogP contribution in [-0.4, -0.2) is 11.1 Å². The van der Waals surface area contributed by atoms with Gasteiger partial charge in [0, 0.05) is 33.6 Å². The summed E-state index contributed by atoms with van der Waals surface area (Å²) in [4.78, 5) is 5.25. The van der Waals surface area contributed by atoms with Crippen LogP contribution in [0.25, 0.3) is 16.7 Å². The van der Waals surface area contributed by atoms with E-state index in [0.717, 1.165) is 12.0 Å². The number of nitrogens with zero attached hydrogens (tertiary/aromatic N) is 2. The fraction of sp³-hybridized carbons (Fsp3) is 0.226. The third-order valence-electron chi connectivity index (χ3n) is 17.3. The van der Waals surface area contributed by atoms with Gasteiger partial charge in [0.05, 0.1) is 16.5 Å². The summed E-state index contributed by atoms with van der Waals surface area (Å²) >= 11 is 0. The van der Waals surface area contributed by atoms with Gasteiger partial charge in [0.15, 0.2) is 0 Å². The Hall–Kier alpha value is -6.64. The van der Waals surface area contributed by atoms with Gasteiger partial charge in [0.25, 0.3) is 0 Å². The van der Waals surface area contributed by atoms with Crippen molar-refractivity contribution >= 4 is 28.3 Å². The Balaban J connectivity index is 1.02. The summed E-state index contributed by atoms with van der Waals surface area (Å²) in [6, 6.07) is 66.1. The number of para-hydroxylation sites is 2. The van der Waals surface area contributed by atoms with Gasteiger partial charge >= 0.3 is 0 Å². The van der Waals surface area contributed by atoms with E-state index in [2.05, 4.69) is 232 Å². The van der Waals surface area contributed by atoms with Crippen molar-refractivity contribution < 1.29 is 0 Å². The SMILES string of the molecule is C=C1/C=C(c2ccc3c(c2)C2(C)CCC2(C)N3c2ccccc2)\C=C/Cc2ccc(-c3ccc4c(c3)C3(C)CCC3(C)N4c3ccccc3)cc2C1(c1ccccc1)c1ccccc1. The van der Waals surface area contributed by atoms with Crippen LogP contribution in [-0.2, 0) is 22.7 Å². The molecule has 2 heteroatoms. The van der Waals surface area contributed by atoms with Crippen molar-refractivity contribution in [1.82, 2.24) is 0 Å². The maximum Gasteiger partial charge on any atom is 0.0699 e. The van der Waals surface area contributed by atoms with Gasteiger partial charge in [0.2, 0.25) is 0 Å². The van der Waals surface area contributed by atoms with Gasteiger partial charge in [-0.05, 0) is 162 Å². The van der Waals surface area contributed by atoms with Gasteiger partial charge in [-0.1, -0.05) is 160 Å². The second kappa shape index (κ2) is 13.9. The Morgan fingerprint density at radius 1 is 0.453 bits per heavy atom. The molecule has 0 spiro atoms. The Bertz CT molecular complexity index is 3020. The minimum atomic E-state index is -0.663. The molecule has 2 saturated carbocycles. The number of hydrogen-bond acceptors (Lipinski definition) is 2. The van der Waals surface area contributed by atoms with E-state index >= 15 is 0 Å². The summed E-state index contributed by atoms with van der Waals surface area (Å²) in [5.74, 6) is 0. The highest BCUT2D eigenvalue weighted by Crippen LogP contribution is 2.67. The van der Waals surface area contributed by atoms with E-state index in [1.165, 1.54) is 104 Å². The lowest BCUT2D eigenvalue weighted by Crippen LogP contribution is -2.60. The smallest absolute Gasteiger partial charge is 0.0699 e. The summed E-state index contributed by atoms with van der Waals surface area (Å²) in [5.41, 5.74) is 18.7. The zero-order valence-corrected chi connectivity index (χ0v) is 37.6. The summed E-state index contributed by atoms with van der Waals surface area (Å²) in [7, 11) is 0. The zero-order chi connectivity index (χ0) is 43.5. The molecule has 2 nitrogen and oxygen atoms in total. The quantitative estimate of drug-likeness (QED) is 0.165. The first-order valence-electron chi connectivity index (χ1n) is 23.4. The molecule has 0 N–H and O–H groups in total. The number of allylic oxidation sites excluding steroid dienone is 5. The molecule has 0 amide bonds. The van der Waals surface area contributed by atoms with Crippen LogP contribution < -0.4 is 9.80 Å². The normalized spacial score (nSPS) is 27.2. The predicted octanol–water partition coefficient (Wildman–Crippen LogP) is 15.4. The first kappa shape index (κ1) is 39.0. The Morgan fingerprint density at radius 3 is 1.38 bits per heavy atom. The van der Waals surface area contributed by atoms with Crippen molar-refractivity contribution in [3.05, 3.63) is 245 Å². The highest BCUT2D eigenvalue weighted by Gasteiger charge is 2.64. The van der Waals surface area contributed by atoms with Crippen molar-refractivity contribution in [1.29, 1.82) is 0 Å². The van der Waals surface area contributed by atoms with Crippen LogP contribution in [0.15, 0.2) is 206 Å². The molecule has 2 heterocycles. The van der Waals surface area contributed by atoms with E-state index in [-0.39, 0.29) is 21.9 Å². The van der Waals surface area contributed by atoms with E-state index in [9.17, 15) is 0 Å². The van der Waals surface area contributed by atoms with Gasteiger partial charge in [-0.2, -0.15) is 0 Å². The summed E-state index contributed by atoms with van der Waals surface area (Å²) in [6.07, 6.45) is 12.7. The van der Waals surface area contributed by atoms with Crippen LogP contribution in [0.2, 0.25) is 0 Å². The van der Waals surface area contributed by atoms with Crippen molar-refractivity contribution in [3.63, 3.8) is 0 Å². The van der Waals surface area contributed by atoms with Crippen molar-refractivity contribution in [2.75, 3.05) is 9.80 Å². The molecule has 0 saturated heterocycles. The molecule has 7 aromatic rings. The van der Waals surface area contributed by atoms with Crippen LogP contribution in [0.4, 0.5) is 22.7 Å². The maximum absolute atomic E-state index is 5.13. The third-order valence-corrected chi connectivity index (χ3v) is 17.3. The molecular weight excluding hydrogens is 773 g/mol. The molecule has 4 unspecified atom stereocenters. The highest BCUT2D eigenvalue weighted by molar-refractivity contribution is 5.86. The molecule has 0 bridgehead atoms. The van der Waals surface area contributed by atoms with E-state index < -0.39 is 5.41 Å². The van der Waals surface area contributed by atoms with Crippen molar-refractivity contribution in [3.8, 4) is 11.1 Å². The van der Waals surface area contributed by atoms with E-state index in [1.807, 2.05) is 0 Å². The van der Waals surface area contributed by atoms with Crippen LogP contribution in [0.3, 0.4) is 0 Å². The minimum Gasteiger partial charge on any atom is -0.334 e. The Morgan fingerprint density at radius 2 is 0.891 bits per heavy atom. The van der Waals surface area contributed by atoms with Gasteiger partial charge in [0.1, 0.15) is 0 Å². The molecule has 0 aromatic heterocycles. The third kappa shape index (κ3) is 5.14. The molecule has 314 valence electrons.